The molecular weight excluding hydrogens is 502 g/mol. The van der Waals surface area contributed by atoms with Gasteiger partial charge in [-0.1, -0.05) is 23.2 Å². The van der Waals surface area contributed by atoms with Crippen LogP contribution < -0.4 is 16.2 Å². The Balaban J connectivity index is 1.67. The van der Waals surface area contributed by atoms with Crippen molar-refractivity contribution in [2.45, 2.75) is 25.4 Å². The molecule has 0 heterocycles. The van der Waals surface area contributed by atoms with E-state index >= 15 is 0 Å². The predicted molar refractivity (Wildman–Crippen MR) is 117 cm³/mol. The zero-order valence-electron chi connectivity index (χ0n) is 17.3. The number of esters is 1. The maximum absolute atomic E-state index is 12.8. The number of nitrogens with one attached hydrogen (secondary N) is 3. The number of hydrogen-bond donors (Lipinski definition) is 3. The van der Waals surface area contributed by atoms with Crippen LogP contribution in [0, 0.1) is 0 Å². The highest BCUT2D eigenvalue weighted by Crippen LogP contribution is 2.33. The summed E-state index contributed by atoms with van der Waals surface area (Å²) in [6, 6.07) is 8.39. The predicted octanol–water partition coefficient (Wildman–Crippen LogP) is 4.13. The number of amides is 3. The maximum Gasteiger partial charge on any atom is 0.416 e. The highest BCUT2D eigenvalue weighted by atomic mass is 35.5. The molecule has 0 aliphatic rings. The molecule has 8 nitrogen and oxygen atoms in total. The Morgan fingerprint density at radius 3 is 2.21 bits per heavy atom. The van der Waals surface area contributed by atoms with Gasteiger partial charge in [-0.25, -0.2) is 0 Å². The highest BCUT2D eigenvalue weighted by molar-refractivity contribution is 6.33. The smallest absolute Gasteiger partial charge is 0.416 e. The largest absolute Gasteiger partial charge is 0.455 e. The summed E-state index contributed by atoms with van der Waals surface area (Å²) in [5, 5.41) is 2.62. The van der Waals surface area contributed by atoms with E-state index in [9.17, 15) is 32.3 Å². The Hall–Kier alpha value is -3.31. The van der Waals surface area contributed by atoms with Gasteiger partial charge in [0.15, 0.2) is 6.61 Å². The molecule has 0 bridgehead atoms. The Kier molecular flexibility index (Phi) is 9.69. The number of anilines is 1. The molecule has 3 amide bonds. The van der Waals surface area contributed by atoms with E-state index in [2.05, 4.69) is 16.2 Å². The fourth-order valence-corrected chi connectivity index (χ4v) is 2.75. The second-order valence-corrected chi connectivity index (χ2v) is 7.61. The summed E-state index contributed by atoms with van der Waals surface area (Å²) >= 11 is 11.5. The minimum atomic E-state index is -4.60. The zero-order valence-corrected chi connectivity index (χ0v) is 18.8. The summed E-state index contributed by atoms with van der Waals surface area (Å²) in [6.07, 6.45) is -5.02. The third-order valence-electron chi connectivity index (χ3n) is 4.14. The summed E-state index contributed by atoms with van der Waals surface area (Å²) < 4.78 is 43.1. The minimum absolute atomic E-state index is 0.0101. The van der Waals surface area contributed by atoms with Gasteiger partial charge in [-0.2, -0.15) is 13.2 Å². The van der Waals surface area contributed by atoms with Crippen LogP contribution >= 0.6 is 23.2 Å². The highest BCUT2D eigenvalue weighted by Gasteiger charge is 2.31. The van der Waals surface area contributed by atoms with Crippen LogP contribution in [0.4, 0.5) is 18.9 Å². The van der Waals surface area contributed by atoms with Crippen LogP contribution in [0.5, 0.6) is 0 Å². The average molecular weight is 520 g/mol. The van der Waals surface area contributed by atoms with E-state index in [0.717, 1.165) is 12.1 Å². The molecular formula is C21H18Cl2F3N3O5. The molecule has 0 aromatic heterocycles. The van der Waals surface area contributed by atoms with Crippen LogP contribution in [0.1, 0.15) is 35.2 Å². The molecule has 0 aliphatic heterocycles. The molecule has 0 saturated heterocycles. The van der Waals surface area contributed by atoms with E-state index in [4.69, 9.17) is 27.9 Å². The average Bonchev–Trinajstić information content (AvgIpc) is 2.77. The lowest BCUT2D eigenvalue weighted by atomic mass is 10.2. The molecule has 0 unspecified atom stereocenters. The first-order chi connectivity index (χ1) is 16.0. The zero-order chi connectivity index (χ0) is 25.3. The van der Waals surface area contributed by atoms with E-state index in [1.807, 2.05) is 0 Å². The summed E-state index contributed by atoms with van der Waals surface area (Å²) in [5.41, 5.74) is 3.26. The van der Waals surface area contributed by atoms with Crippen molar-refractivity contribution in [3.8, 4) is 0 Å². The molecule has 182 valence electrons. The molecule has 0 radical (unpaired) electrons. The fourth-order valence-electron chi connectivity index (χ4n) is 2.46. The number of carbonyl (C=O) groups excluding carboxylic acids is 4. The summed E-state index contributed by atoms with van der Waals surface area (Å²) in [6.45, 7) is -0.675. The van der Waals surface area contributed by atoms with Crippen LogP contribution in [-0.4, -0.2) is 30.3 Å². The lowest BCUT2D eigenvalue weighted by Crippen LogP contribution is -2.43. The Bertz CT molecular complexity index is 1060. The molecule has 0 aliphatic carbocycles. The molecule has 2 aromatic rings. The second kappa shape index (κ2) is 12.2. The quantitative estimate of drug-likeness (QED) is 0.358. The van der Waals surface area contributed by atoms with Gasteiger partial charge in [0.25, 0.3) is 11.8 Å². The number of carbonyl (C=O) groups is 4. The van der Waals surface area contributed by atoms with Crippen LogP contribution in [0.15, 0.2) is 42.5 Å². The van der Waals surface area contributed by atoms with E-state index in [-0.39, 0.29) is 35.5 Å². The van der Waals surface area contributed by atoms with Gasteiger partial charge in [0.05, 0.1) is 16.3 Å². The molecule has 2 aromatic carbocycles. The van der Waals surface area contributed by atoms with Gasteiger partial charge >= 0.3 is 12.1 Å². The van der Waals surface area contributed by atoms with E-state index in [1.54, 1.807) is 0 Å². The first kappa shape index (κ1) is 26.9. The van der Waals surface area contributed by atoms with E-state index in [0.29, 0.717) is 11.1 Å². The molecule has 0 fully saturated rings. The van der Waals surface area contributed by atoms with Gasteiger partial charge in [-0.15, -0.1) is 0 Å². The fraction of sp³-hybridized carbons (Fsp3) is 0.238. The molecule has 34 heavy (non-hydrogen) atoms. The topological polar surface area (TPSA) is 114 Å². The van der Waals surface area contributed by atoms with Crippen molar-refractivity contribution in [2.24, 2.45) is 0 Å². The number of benzene rings is 2. The third kappa shape index (κ3) is 8.91. The maximum atomic E-state index is 12.8. The van der Waals surface area contributed by atoms with Crippen LogP contribution in [-0.2, 0) is 25.3 Å². The van der Waals surface area contributed by atoms with Crippen molar-refractivity contribution in [1.82, 2.24) is 10.9 Å². The van der Waals surface area contributed by atoms with Crippen LogP contribution in [0.2, 0.25) is 10.0 Å². The van der Waals surface area contributed by atoms with Crippen LogP contribution in [0.3, 0.4) is 0 Å². The Morgan fingerprint density at radius 1 is 0.882 bits per heavy atom. The number of hydrogen-bond acceptors (Lipinski definition) is 5. The monoisotopic (exact) mass is 519 g/mol. The number of halogens is 5. The van der Waals surface area contributed by atoms with Crippen molar-refractivity contribution >= 4 is 52.6 Å². The van der Waals surface area contributed by atoms with Gasteiger partial charge in [-0.05, 0) is 48.9 Å². The molecule has 0 spiro atoms. The number of ether oxygens (including phenoxy) is 1. The molecule has 2 rings (SSSR count). The summed E-state index contributed by atoms with van der Waals surface area (Å²) in [4.78, 5) is 47.2. The van der Waals surface area contributed by atoms with E-state index in [1.165, 1.54) is 24.3 Å². The first-order valence-electron chi connectivity index (χ1n) is 9.62. The van der Waals surface area contributed by atoms with Crippen molar-refractivity contribution in [2.75, 3.05) is 11.9 Å². The standard InChI is InChI=1S/C21H18Cl2F3N3O5/c22-14-7-4-12(5-8-14)20(33)29-28-18(31)11-34-19(32)3-1-2-17(30)27-16-10-13(21(24,25)26)6-9-15(16)23/h4-10H,1-3,11H2,(H,27,30)(H,28,31)(H,29,33). The van der Waals surface area contributed by atoms with Crippen molar-refractivity contribution in [3.63, 3.8) is 0 Å². The second-order valence-electron chi connectivity index (χ2n) is 6.76. The van der Waals surface area contributed by atoms with Crippen LogP contribution in [0.25, 0.3) is 0 Å². The van der Waals surface area contributed by atoms with Gasteiger partial charge in [-0.3, -0.25) is 30.0 Å². The third-order valence-corrected chi connectivity index (χ3v) is 4.72. The summed E-state index contributed by atoms with van der Waals surface area (Å²) in [5.74, 6) is -2.85. The Morgan fingerprint density at radius 2 is 1.56 bits per heavy atom. The van der Waals surface area contributed by atoms with Crippen molar-refractivity contribution in [1.29, 1.82) is 0 Å². The van der Waals surface area contributed by atoms with Crippen molar-refractivity contribution in [3.05, 3.63) is 63.6 Å². The van der Waals surface area contributed by atoms with Gasteiger partial charge in [0, 0.05) is 23.4 Å². The molecule has 13 heteroatoms. The molecule has 0 saturated carbocycles. The lowest BCUT2D eigenvalue weighted by Gasteiger charge is -2.11. The van der Waals surface area contributed by atoms with Crippen molar-refractivity contribution < 1.29 is 37.1 Å². The summed E-state index contributed by atoms with van der Waals surface area (Å²) in [7, 11) is 0. The SMILES string of the molecule is O=C(COC(=O)CCCC(=O)Nc1cc(C(F)(F)F)ccc1Cl)NNC(=O)c1ccc(Cl)cc1. The van der Waals surface area contributed by atoms with E-state index < -0.39 is 42.0 Å². The van der Waals surface area contributed by atoms with Gasteiger partial charge in [0.2, 0.25) is 5.91 Å². The molecule has 0 atom stereocenters. The number of hydrazine groups is 1. The normalized spacial score (nSPS) is 10.9. The first-order valence-corrected chi connectivity index (χ1v) is 10.4. The Labute approximate surface area is 201 Å². The molecule has 3 N–H and O–H groups in total. The number of alkyl halides is 3. The minimum Gasteiger partial charge on any atom is -0.455 e. The lowest BCUT2D eigenvalue weighted by molar-refractivity contribution is -0.148. The van der Waals surface area contributed by atoms with Gasteiger partial charge in [0.1, 0.15) is 0 Å². The van der Waals surface area contributed by atoms with Gasteiger partial charge < -0.3 is 10.1 Å². The number of rotatable bonds is 8.